The maximum Gasteiger partial charge on any atom is 0.269 e. The third kappa shape index (κ3) is 3.28. The monoisotopic (exact) mass is 348 g/mol. The first-order valence-electron chi connectivity index (χ1n) is 6.64. The van der Waals surface area contributed by atoms with Crippen LogP contribution in [0.25, 0.3) is 0 Å². The van der Waals surface area contributed by atoms with Crippen molar-refractivity contribution < 1.29 is 21.8 Å². The average Bonchev–Trinajstić information content (AvgIpc) is 2.79. The minimum Gasteiger partial charge on any atom is -0.258 e. The smallest absolute Gasteiger partial charge is 0.258 e. The second-order valence-electron chi connectivity index (χ2n) is 5.02. The highest BCUT2D eigenvalue weighted by Crippen LogP contribution is 2.25. The largest absolute Gasteiger partial charge is 0.269 e. The Morgan fingerprint density at radius 3 is 2.32 bits per heavy atom. The van der Waals surface area contributed by atoms with Gasteiger partial charge in [0.25, 0.3) is 5.69 Å². The van der Waals surface area contributed by atoms with Crippen LogP contribution in [0.5, 0.6) is 0 Å². The van der Waals surface area contributed by atoms with Crippen molar-refractivity contribution in [3.8, 4) is 0 Å². The van der Waals surface area contributed by atoms with Crippen molar-refractivity contribution in [2.24, 2.45) is 0 Å². The number of non-ortho nitro benzene ring substituents is 1. The van der Waals surface area contributed by atoms with Crippen LogP contribution in [0.4, 0.5) is 5.69 Å². The molecule has 22 heavy (non-hydrogen) atoms. The van der Waals surface area contributed by atoms with Gasteiger partial charge in [-0.1, -0.05) is 6.92 Å². The lowest BCUT2D eigenvalue weighted by Crippen LogP contribution is -2.40. The maximum atomic E-state index is 12.6. The maximum absolute atomic E-state index is 12.6. The summed E-state index contributed by atoms with van der Waals surface area (Å²) >= 11 is 0. The van der Waals surface area contributed by atoms with Crippen molar-refractivity contribution in [2.45, 2.75) is 24.3 Å². The fourth-order valence-corrected chi connectivity index (χ4v) is 5.99. The topological polar surface area (TPSA) is 115 Å². The highest BCUT2D eigenvalue weighted by atomic mass is 32.2. The number of nitro groups is 1. The van der Waals surface area contributed by atoms with Gasteiger partial charge in [-0.25, -0.2) is 16.8 Å². The second kappa shape index (κ2) is 5.94. The summed E-state index contributed by atoms with van der Waals surface area (Å²) in [5.74, 6) is -0.211. The molecule has 0 amide bonds. The molecule has 0 saturated carbocycles. The third-order valence-corrected chi connectivity index (χ3v) is 7.37. The van der Waals surface area contributed by atoms with E-state index in [1.165, 1.54) is 12.1 Å². The fraction of sp³-hybridized carbons (Fsp3) is 0.500. The number of hydrogen-bond acceptors (Lipinski definition) is 6. The van der Waals surface area contributed by atoms with Crippen molar-refractivity contribution in [3.05, 3.63) is 34.4 Å². The molecule has 0 aromatic heterocycles. The van der Waals surface area contributed by atoms with Crippen LogP contribution in [0.1, 0.15) is 13.3 Å². The molecule has 10 heteroatoms. The minimum absolute atomic E-state index is 0.0239. The average molecular weight is 348 g/mol. The molecule has 1 heterocycles. The van der Waals surface area contributed by atoms with Crippen molar-refractivity contribution in [1.82, 2.24) is 4.31 Å². The SMILES string of the molecule is CCN([C@H]1CCS(=O)(=O)C1)S(=O)(=O)c1ccc([N+](=O)[O-])cc1. The molecule has 1 aromatic carbocycles. The Morgan fingerprint density at radius 2 is 1.91 bits per heavy atom. The number of benzene rings is 1. The van der Waals surface area contributed by atoms with Gasteiger partial charge in [-0.2, -0.15) is 4.31 Å². The number of hydrogen-bond donors (Lipinski definition) is 0. The summed E-state index contributed by atoms with van der Waals surface area (Å²) < 4.78 is 49.5. The number of sulfone groups is 1. The summed E-state index contributed by atoms with van der Waals surface area (Å²) in [5, 5.41) is 10.6. The summed E-state index contributed by atoms with van der Waals surface area (Å²) in [6.07, 6.45) is 0.266. The Kier molecular flexibility index (Phi) is 4.54. The zero-order chi connectivity index (χ0) is 16.5. The van der Waals surface area contributed by atoms with E-state index in [1.54, 1.807) is 6.92 Å². The van der Waals surface area contributed by atoms with Gasteiger partial charge in [0.1, 0.15) is 0 Å². The van der Waals surface area contributed by atoms with Gasteiger partial charge >= 0.3 is 0 Å². The normalized spacial score (nSPS) is 21.1. The molecule has 1 aliphatic heterocycles. The molecule has 0 radical (unpaired) electrons. The quantitative estimate of drug-likeness (QED) is 0.574. The highest BCUT2D eigenvalue weighted by molar-refractivity contribution is 7.92. The van der Waals surface area contributed by atoms with E-state index in [4.69, 9.17) is 0 Å². The highest BCUT2D eigenvalue weighted by Gasteiger charge is 2.37. The van der Waals surface area contributed by atoms with Crippen LogP contribution in [0.15, 0.2) is 29.2 Å². The number of nitro benzene ring substituents is 1. The molecule has 0 spiro atoms. The summed E-state index contributed by atoms with van der Waals surface area (Å²) in [4.78, 5) is 9.92. The lowest BCUT2D eigenvalue weighted by molar-refractivity contribution is -0.384. The molecule has 0 unspecified atom stereocenters. The predicted octanol–water partition coefficient (Wildman–Crippen LogP) is 0.792. The van der Waals surface area contributed by atoms with E-state index in [1.807, 2.05) is 0 Å². The van der Waals surface area contributed by atoms with Crippen LogP contribution < -0.4 is 0 Å². The summed E-state index contributed by atoms with van der Waals surface area (Å²) in [7, 11) is -7.09. The summed E-state index contributed by atoms with van der Waals surface area (Å²) in [5.41, 5.74) is -0.203. The van der Waals surface area contributed by atoms with Gasteiger partial charge in [0.05, 0.1) is 21.3 Å². The van der Waals surface area contributed by atoms with Crippen molar-refractivity contribution in [3.63, 3.8) is 0 Å². The fourth-order valence-electron chi connectivity index (χ4n) is 2.50. The molecule has 1 atom stereocenters. The van der Waals surface area contributed by atoms with Crippen LogP contribution in [-0.4, -0.2) is 50.2 Å². The van der Waals surface area contributed by atoms with Crippen LogP contribution in [0.2, 0.25) is 0 Å². The molecule has 0 N–H and O–H groups in total. The van der Waals surface area contributed by atoms with Gasteiger partial charge in [-0.15, -0.1) is 0 Å². The van der Waals surface area contributed by atoms with E-state index in [-0.39, 0.29) is 35.1 Å². The first kappa shape index (κ1) is 16.8. The molecule has 1 fully saturated rings. The summed E-state index contributed by atoms with van der Waals surface area (Å²) in [6, 6.07) is 3.98. The molecule has 1 aliphatic rings. The molecule has 0 bridgehead atoms. The summed E-state index contributed by atoms with van der Waals surface area (Å²) in [6.45, 7) is 1.77. The van der Waals surface area contributed by atoms with Gasteiger partial charge < -0.3 is 0 Å². The molecule has 122 valence electrons. The molecular formula is C12H16N2O6S2. The first-order valence-corrected chi connectivity index (χ1v) is 9.90. The van der Waals surface area contributed by atoms with Crippen LogP contribution >= 0.6 is 0 Å². The van der Waals surface area contributed by atoms with E-state index in [0.717, 1.165) is 16.4 Å². The van der Waals surface area contributed by atoms with Crippen molar-refractivity contribution in [2.75, 3.05) is 18.1 Å². The first-order chi connectivity index (χ1) is 10.2. The van der Waals surface area contributed by atoms with Crippen LogP contribution in [-0.2, 0) is 19.9 Å². The van der Waals surface area contributed by atoms with Crippen LogP contribution in [0, 0.1) is 10.1 Å². The van der Waals surface area contributed by atoms with E-state index in [0.29, 0.717) is 0 Å². The Labute approximate surface area is 128 Å². The minimum atomic E-state index is -3.88. The molecule has 0 aliphatic carbocycles. The van der Waals surface area contributed by atoms with E-state index < -0.39 is 30.8 Å². The zero-order valence-corrected chi connectivity index (χ0v) is 13.5. The molecule has 1 aromatic rings. The van der Waals surface area contributed by atoms with Gasteiger partial charge in [-0.3, -0.25) is 10.1 Å². The molecular weight excluding hydrogens is 332 g/mol. The third-order valence-electron chi connectivity index (χ3n) is 3.58. The predicted molar refractivity (Wildman–Crippen MR) is 79.7 cm³/mol. The van der Waals surface area contributed by atoms with E-state index >= 15 is 0 Å². The van der Waals surface area contributed by atoms with Crippen LogP contribution in [0.3, 0.4) is 0 Å². The van der Waals surface area contributed by atoms with Gasteiger partial charge in [-0.05, 0) is 18.6 Å². The zero-order valence-electron chi connectivity index (χ0n) is 11.9. The number of nitrogens with zero attached hydrogens (tertiary/aromatic N) is 2. The van der Waals surface area contributed by atoms with Gasteiger partial charge in [0.15, 0.2) is 9.84 Å². The Balaban J connectivity index is 2.33. The van der Waals surface area contributed by atoms with Crippen molar-refractivity contribution in [1.29, 1.82) is 0 Å². The lowest BCUT2D eigenvalue weighted by Gasteiger charge is -2.25. The van der Waals surface area contributed by atoms with Crippen molar-refractivity contribution >= 4 is 25.5 Å². The number of rotatable bonds is 5. The van der Waals surface area contributed by atoms with E-state index in [2.05, 4.69) is 0 Å². The van der Waals surface area contributed by atoms with Gasteiger partial charge in [0.2, 0.25) is 10.0 Å². The Bertz CT molecular complexity index is 770. The van der Waals surface area contributed by atoms with Gasteiger partial charge in [0, 0.05) is 24.7 Å². The second-order valence-corrected chi connectivity index (χ2v) is 9.14. The Morgan fingerprint density at radius 1 is 1.32 bits per heavy atom. The number of sulfonamides is 1. The standard InChI is InChI=1S/C12H16N2O6S2/c1-2-13(11-7-8-21(17,18)9-11)22(19,20)12-5-3-10(4-6-12)14(15)16/h3-6,11H,2,7-9H2,1H3/t11-/m0/s1. The van der Waals surface area contributed by atoms with E-state index in [9.17, 15) is 26.9 Å². The molecule has 2 rings (SSSR count). The molecule has 1 saturated heterocycles. The Hall–Kier alpha value is -1.52. The molecule has 8 nitrogen and oxygen atoms in total. The lowest BCUT2D eigenvalue weighted by atomic mass is 10.3.